The second-order valence-electron chi connectivity index (χ2n) is 5.79. The first kappa shape index (κ1) is 15.3. The van der Waals surface area contributed by atoms with Gasteiger partial charge in [-0.1, -0.05) is 38.7 Å². The number of carbonyl (C=O) groups excluding carboxylic acids is 1. The lowest BCUT2D eigenvalue weighted by Gasteiger charge is -2.17. The molecule has 0 aliphatic rings. The van der Waals surface area contributed by atoms with E-state index in [0.717, 1.165) is 11.1 Å². The van der Waals surface area contributed by atoms with Crippen LogP contribution in [0.2, 0.25) is 0 Å². The van der Waals surface area contributed by atoms with E-state index in [0.29, 0.717) is 12.1 Å². The number of amides is 1. The molecule has 3 heteroatoms. The normalized spacial score (nSPS) is 10.6. The minimum atomic E-state index is -0.191. The number of aliphatic hydroxyl groups is 1. The zero-order chi connectivity index (χ0) is 14.5. The smallest absolute Gasteiger partial charge is 0.224 e. The minimum absolute atomic E-state index is 0.0246. The number of aryl methyl sites for hydroxylation is 1. The summed E-state index contributed by atoms with van der Waals surface area (Å²) in [5, 5.41) is 11.6. The molecule has 0 aromatic heterocycles. The largest absolute Gasteiger partial charge is 0.384 e. The summed E-state index contributed by atoms with van der Waals surface area (Å²) in [5.74, 6) is 5.44. The van der Waals surface area contributed by atoms with E-state index in [9.17, 15) is 4.79 Å². The molecule has 0 bridgehead atoms. The van der Waals surface area contributed by atoms with E-state index >= 15 is 0 Å². The number of rotatable bonds is 2. The number of hydrogen-bond acceptors (Lipinski definition) is 2. The predicted molar refractivity (Wildman–Crippen MR) is 77.8 cm³/mol. The van der Waals surface area contributed by atoms with Gasteiger partial charge in [0.05, 0.1) is 5.69 Å². The topological polar surface area (TPSA) is 49.3 Å². The number of nitrogens with one attached hydrogen (secondary N) is 1. The number of carbonyl (C=O) groups is 1. The summed E-state index contributed by atoms with van der Waals surface area (Å²) in [4.78, 5) is 11.9. The standard InChI is InChI=1S/C16H21NO2/c1-12-7-8-14(13(10-12)6-5-9-18)17-15(19)11-16(2,3)4/h7-8,10,18H,9,11H2,1-4H3,(H,17,19). The van der Waals surface area contributed by atoms with E-state index in [4.69, 9.17) is 5.11 Å². The lowest BCUT2D eigenvalue weighted by molar-refractivity contribution is -0.117. The second-order valence-corrected chi connectivity index (χ2v) is 5.79. The molecule has 0 heterocycles. The Balaban J connectivity index is 2.91. The molecule has 0 aliphatic heterocycles. The zero-order valence-corrected chi connectivity index (χ0v) is 12.0. The SMILES string of the molecule is Cc1ccc(NC(=O)CC(C)(C)C)c(C#CCO)c1. The maximum atomic E-state index is 11.9. The molecular weight excluding hydrogens is 238 g/mol. The molecule has 0 atom stereocenters. The van der Waals surface area contributed by atoms with Gasteiger partial charge in [0, 0.05) is 12.0 Å². The molecule has 0 unspecified atom stereocenters. The number of aliphatic hydroxyl groups excluding tert-OH is 1. The first-order valence-electron chi connectivity index (χ1n) is 6.32. The fourth-order valence-corrected chi connectivity index (χ4v) is 1.68. The fourth-order valence-electron chi connectivity index (χ4n) is 1.68. The molecule has 0 spiro atoms. The van der Waals surface area contributed by atoms with Gasteiger partial charge in [0.15, 0.2) is 0 Å². The van der Waals surface area contributed by atoms with Gasteiger partial charge in [-0.25, -0.2) is 0 Å². The highest BCUT2D eigenvalue weighted by molar-refractivity contribution is 5.92. The van der Waals surface area contributed by atoms with E-state index in [2.05, 4.69) is 17.2 Å². The summed E-state index contributed by atoms with van der Waals surface area (Å²) >= 11 is 0. The Kier molecular flexibility index (Phi) is 5.14. The minimum Gasteiger partial charge on any atom is -0.384 e. The van der Waals surface area contributed by atoms with Crippen LogP contribution in [-0.2, 0) is 4.79 Å². The van der Waals surface area contributed by atoms with Gasteiger partial charge in [-0.05, 0) is 30.0 Å². The average molecular weight is 259 g/mol. The third kappa shape index (κ3) is 5.58. The molecule has 1 aromatic carbocycles. The Morgan fingerprint density at radius 3 is 2.63 bits per heavy atom. The summed E-state index contributed by atoms with van der Waals surface area (Å²) in [6.45, 7) is 7.84. The Hall–Kier alpha value is -1.79. The molecule has 1 amide bonds. The lowest BCUT2D eigenvalue weighted by Crippen LogP contribution is -2.20. The molecule has 0 saturated heterocycles. The van der Waals surface area contributed by atoms with E-state index in [1.807, 2.05) is 45.9 Å². The third-order valence-electron chi connectivity index (χ3n) is 2.44. The molecule has 1 rings (SSSR count). The molecule has 0 aliphatic carbocycles. The van der Waals surface area contributed by atoms with Gasteiger partial charge in [-0.3, -0.25) is 4.79 Å². The molecule has 19 heavy (non-hydrogen) atoms. The summed E-state index contributed by atoms with van der Waals surface area (Å²) in [5.41, 5.74) is 2.44. The van der Waals surface area contributed by atoms with Crippen molar-refractivity contribution in [3.05, 3.63) is 29.3 Å². The lowest BCUT2D eigenvalue weighted by atomic mass is 9.92. The van der Waals surface area contributed by atoms with Crippen LogP contribution in [0, 0.1) is 24.2 Å². The molecular formula is C16H21NO2. The predicted octanol–water partition coefficient (Wildman–Crippen LogP) is 2.71. The Labute approximate surface area is 115 Å². The highest BCUT2D eigenvalue weighted by atomic mass is 16.2. The highest BCUT2D eigenvalue weighted by Crippen LogP contribution is 2.21. The van der Waals surface area contributed by atoms with Crippen LogP contribution in [0.5, 0.6) is 0 Å². The number of anilines is 1. The molecule has 0 fully saturated rings. The van der Waals surface area contributed by atoms with Gasteiger partial charge in [0.2, 0.25) is 5.91 Å². The van der Waals surface area contributed by atoms with Crippen molar-refractivity contribution < 1.29 is 9.90 Å². The summed E-state index contributed by atoms with van der Waals surface area (Å²) < 4.78 is 0. The zero-order valence-electron chi connectivity index (χ0n) is 12.0. The van der Waals surface area contributed by atoms with Crippen molar-refractivity contribution in [1.82, 2.24) is 0 Å². The van der Waals surface area contributed by atoms with E-state index in [1.54, 1.807) is 0 Å². The summed E-state index contributed by atoms with van der Waals surface area (Å²) in [7, 11) is 0. The van der Waals surface area contributed by atoms with Crippen molar-refractivity contribution in [3.8, 4) is 11.8 Å². The van der Waals surface area contributed by atoms with Crippen molar-refractivity contribution in [2.24, 2.45) is 5.41 Å². The Morgan fingerprint density at radius 2 is 2.05 bits per heavy atom. The van der Waals surface area contributed by atoms with Crippen LogP contribution in [0.3, 0.4) is 0 Å². The molecule has 3 nitrogen and oxygen atoms in total. The Bertz CT molecular complexity index is 516. The first-order valence-corrected chi connectivity index (χ1v) is 6.32. The van der Waals surface area contributed by atoms with Crippen molar-refractivity contribution >= 4 is 11.6 Å². The monoisotopic (exact) mass is 259 g/mol. The average Bonchev–Trinajstić information content (AvgIpc) is 2.27. The van der Waals surface area contributed by atoms with Crippen LogP contribution >= 0.6 is 0 Å². The van der Waals surface area contributed by atoms with E-state index < -0.39 is 0 Å². The summed E-state index contributed by atoms with van der Waals surface area (Å²) in [6, 6.07) is 5.67. The molecule has 102 valence electrons. The van der Waals surface area contributed by atoms with Crippen molar-refractivity contribution in [2.45, 2.75) is 34.1 Å². The highest BCUT2D eigenvalue weighted by Gasteiger charge is 2.16. The van der Waals surface area contributed by atoms with E-state index in [1.165, 1.54) is 0 Å². The van der Waals surface area contributed by atoms with Gasteiger partial charge in [0.1, 0.15) is 6.61 Å². The van der Waals surface area contributed by atoms with E-state index in [-0.39, 0.29) is 17.9 Å². The maximum Gasteiger partial charge on any atom is 0.224 e. The van der Waals surface area contributed by atoms with Gasteiger partial charge in [-0.2, -0.15) is 0 Å². The van der Waals surface area contributed by atoms with Crippen molar-refractivity contribution in [3.63, 3.8) is 0 Å². The van der Waals surface area contributed by atoms with Crippen LogP contribution in [0.4, 0.5) is 5.69 Å². The first-order chi connectivity index (χ1) is 8.81. The third-order valence-corrected chi connectivity index (χ3v) is 2.44. The van der Waals surface area contributed by atoms with Gasteiger partial charge >= 0.3 is 0 Å². The molecule has 2 N–H and O–H groups in total. The number of hydrogen-bond donors (Lipinski definition) is 2. The van der Waals surface area contributed by atoms with Gasteiger partial charge in [0.25, 0.3) is 0 Å². The van der Waals surface area contributed by atoms with Crippen molar-refractivity contribution in [2.75, 3.05) is 11.9 Å². The van der Waals surface area contributed by atoms with Crippen molar-refractivity contribution in [1.29, 1.82) is 0 Å². The van der Waals surface area contributed by atoms with Gasteiger partial charge in [-0.15, -0.1) is 0 Å². The van der Waals surface area contributed by atoms with Crippen LogP contribution in [0.1, 0.15) is 38.3 Å². The molecule has 0 radical (unpaired) electrons. The van der Waals surface area contributed by atoms with Crippen LogP contribution in [-0.4, -0.2) is 17.6 Å². The summed E-state index contributed by atoms with van der Waals surface area (Å²) in [6.07, 6.45) is 0.452. The molecule has 1 aromatic rings. The Morgan fingerprint density at radius 1 is 1.37 bits per heavy atom. The van der Waals surface area contributed by atoms with Crippen LogP contribution in [0.15, 0.2) is 18.2 Å². The number of benzene rings is 1. The maximum absolute atomic E-state index is 11.9. The second kappa shape index (κ2) is 6.40. The van der Waals surface area contributed by atoms with Gasteiger partial charge < -0.3 is 10.4 Å². The van der Waals surface area contributed by atoms with Crippen LogP contribution < -0.4 is 5.32 Å². The quantitative estimate of drug-likeness (QED) is 0.802. The molecule has 0 saturated carbocycles. The van der Waals surface area contributed by atoms with Crippen LogP contribution in [0.25, 0.3) is 0 Å². The fraction of sp³-hybridized carbons (Fsp3) is 0.438.